The molecule has 2 aliphatic heterocycles. The molecule has 1 unspecified atom stereocenters. The van der Waals surface area contributed by atoms with Crippen LogP contribution in [0.15, 0.2) is 30.5 Å². The van der Waals surface area contributed by atoms with Gasteiger partial charge in [0.25, 0.3) is 11.8 Å². The first-order chi connectivity index (χ1) is 21.6. The van der Waals surface area contributed by atoms with Crippen LogP contribution >= 0.6 is 11.6 Å². The Hall–Kier alpha value is -2.65. The molecule has 0 N–H and O–H groups in total. The second-order valence-electron chi connectivity index (χ2n) is 12.5. The Morgan fingerprint density at radius 2 is 1.98 bits per heavy atom. The van der Waals surface area contributed by atoms with Crippen molar-refractivity contribution >= 4 is 49.1 Å². The van der Waals surface area contributed by atoms with Gasteiger partial charge in [-0.15, -0.1) is 10.2 Å². The summed E-state index contributed by atoms with van der Waals surface area (Å²) < 4.78 is 28.2. The molecule has 2 fully saturated rings. The summed E-state index contributed by atoms with van der Waals surface area (Å²) in [5, 5.41) is 8.06. The van der Waals surface area contributed by atoms with Crippen LogP contribution in [0.4, 0.5) is 10.2 Å². The molecule has 237 valence electrons. The fourth-order valence-corrected chi connectivity index (χ4v) is 8.65. The number of carbonyl (C=O) groups is 1. The van der Waals surface area contributed by atoms with Crippen molar-refractivity contribution in [3.63, 3.8) is 0 Å². The van der Waals surface area contributed by atoms with E-state index in [0.717, 1.165) is 80.9 Å². The zero-order chi connectivity index (χ0) is 31.9. The predicted octanol–water partition coefficient (Wildman–Crippen LogP) is 5.20. The van der Waals surface area contributed by atoms with Crippen molar-refractivity contribution < 1.29 is 18.7 Å². The molecule has 3 aromatic rings. The Bertz CT molecular complexity index is 1570. The van der Waals surface area contributed by atoms with Crippen molar-refractivity contribution in [1.82, 2.24) is 30.0 Å². The number of rotatable bonds is 10. The number of nitrogens with zero attached hydrogens (tertiary/aromatic N) is 7. The molecule has 13 heteroatoms. The van der Waals surface area contributed by atoms with Gasteiger partial charge in [0.05, 0.1) is 5.56 Å². The molecule has 3 aliphatic rings. The van der Waals surface area contributed by atoms with Crippen LogP contribution in [-0.2, 0) is 6.42 Å². The van der Waals surface area contributed by atoms with Gasteiger partial charge in [-0.05, 0) is 50.6 Å². The normalized spacial score (nSPS) is 19.2. The van der Waals surface area contributed by atoms with Gasteiger partial charge < -0.3 is 9.64 Å². The van der Waals surface area contributed by atoms with Gasteiger partial charge in [-0.1, -0.05) is 0 Å². The van der Waals surface area contributed by atoms with Gasteiger partial charge in [-0.25, -0.2) is 4.39 Å². The zero-order valence-corrected chi connectivity index (χ0v) is 30.7. The monoisotopic (exact) mass is 830 g/mol. The van der Waals surface area contributed by atoms with Crippen LogP contribution < -0.4 is 14.4 Å². The van der Waals surface area contributed by atoms with Gasteiger partial charge >= 0.3 is 154 Å². The fourth-order valence-electron chi connectivity index (χ4n) is 7.06. The molecule has 0 bridgehead atoms. The van der Waals surface area contributed by atoms with Crippen molar-refractivity contribution in [3.8, 4) is 17.4 Å². The molecule has 10 nitrogen and oxygen atoms in total. The van der Waals surface area contributed by atoms with E-state index in [1.54, 1.807) is 4.90 Å². The van der Waals surface area contributed by atoms with Crippen LogP contribution in [-0.4, -0.2) is 104 Å². The maximum absolute atomic E-state index is 14.3. The third-order valence-corrected chi connectivity index (χ3v) is 11.0. The quantitative estimate of drug-likeness (QED) is 0.256. The van der Waals surface area contributed by atoms with E-state index in [2.05, 4.69) is 31.9 Å². The van der Waals surface area contributed by atoms with E-state index in [0.29, 0.717) is 18.4 Å². The fraction of sp³-hybridized carbons (Fsp3) is 0.531. The van der Waals surface area contributed by atoms with Crippen molar-refractivity contribution in [2.75, 3.05) is 35.2 Å². The Labute approximate surface area is 284 Å². The summed E-state index contributed by atoms with van der Waals surface area (Å²) in [6.07, 6.45) is 5.90. The third kappa shape index (κ3) is 6.36. The molecule has 45 heavy (non-hydrogen) atoms. The summed E-state index contributed by atoms with van der Waals surface area (Å²) >= 11 is 7.32. The van der Waals surface area contributed by atoms with Crippen LogP contribution in [0.2, 0.25) is 5.28 Å². The molecule has 6 rings (SSSR count). The molecule has 1 spiro atoms. The van der Waals surface area contributed by atoms with E-state index in [4.69, 9.17) is 26.1 Å². The van der Waals surface area contributed by atoms with Crippen LogP contribution in [0, 0.1) is 11.2 Å². The number of anilines is 1. The average molecular weight is 830 g/mol. The van der Waals surface area contributed by atoms with E-state index in [-0.39, 0.29) is 45.9 Å². The number of carbonyl (C=O) groups excluding carboxylic acids is 1. The van der Waals surface area contributed by atoms with Crippen molar-refractivity contribution in [2.24, 2.45) is 5.41 Å². The van der Waals surface area contributed by atoms with Gasteiger partial charge in [0, 0.05) is 12.6 Å². The second kappa shape index (κ2) is 13.2. The van der Waals surface area contributed by atoms with E-state index in [1.807, 2.05) is 33.0 Å². The topological polar surface area (TPSA) is 96.8 Å². The molecule has 3 radical (unpaired) electrons. The zero-order valence-electron chi connectivity index (χ0n) is 26.1. The van der Waals surface area contributed by atoms with Crippen LogP contribution in [0.1, 0.15) is 74.6 Å². The molecular formula is C32H38ClFN7O3Pb. The first kappa shape index (κ1) is 32.3. The van der Waals surface area contributed by atoms with Crippen molar-refractivity contribution in [1.29, 1.82) is 0 Å². The number of hydrogen-bond donors (Lipinski definition) is 0. The van der Waals surface area contributed by atoms with Crippen molar-refractivity contribution in [3.05, 3.63) is 58.4 Å². The molecular weight excluding hydrogens is 792 g/mol. The summed E-state index contributed by atoms with van der Waals surface area (Å²) in [5.74, 6) is 0.871. The Kier molecular flexibility index (Phi) is 9.49. The predicted molar refractivity (Wildman–Crippen MR) is 170 cm³/mol. The summed E-state index contributed by atoms with van der Waals surface area (Å²) in [4.78, 5) is 28.8. The molecule has 1 aliphatic carbocycles. The van der Waals surface area contributed by atoms with Gasteiger partial charge in [0.1, 0.15) is 11.6 Å². The molecule has 1 amide bonds. The summed E-state index contributed by atoms with van der Waals surface area (Å²) in [7, 11) is 0. The number of hydrogen-bond acceptors (Lipinski definition) is 9. The SMILES string of the molecule is CCC1c2c(OC3CC4(C3)CN(c3nc(Cl)nnc3Oc3ccc(F)cc3C(=O)N(CC)C(C)C)C4)ccnc2CCN1[CH2][Pb]. The second-order valence-corrected chi connectivity index (χ2v) is 14.0. The van der Waals surface area contributed by atoms with E-state index in [9.17, 15) is 9.18 Å². The molecule has 1 atom stereocenters. The molecule has 1 aromatic carbocycles. The van der Waals surface area contributed by atoms with Gasteiger partial charge in [-0.2, -0.15) is 4.98 Å². The number of pyridine rings is 1. The third-order valence-electron chi connectivity index (χ3n) is 9.22. The van der Waals surface area contributed by atoms with Crippen LogP contribution in [0.25, 0.3) is 0 Å². The van der Waals surface area contributed by atoms with Crippen LogP contribution in [0.3, 0.4) is 0 Å². The molecule has 1 saturated heterocycles. The van der Waals surface area contributed by atoms with Gasteiger partial charge in [0.15, 0.2) is 0 Å². The number of aromatic nitrogens is 4. The first-order valence-electron chi connectivity index (χ1n) is 15.6. The van der Waals surface area contributed by atoms with Crippen LogP contribution in [0.5, 0.6) is 17.4 Å². The Morgan fingerprint density at radius 1 is 1.20 bits per heavy atom. The minimum absolute atomic E-state index is 0.00257. The number of ether oxygens (including phenoxy) is 2. The number of fused-ring (bicyclic) bond motifs is 1. The molecule has 4 heterocycles. The maximum atomic E-state index is 14.3. The molecule has 1 saturated carbocycles. The summed E-state index contributed by atoms with van der Waals surface area (Å²) in [5.41, 5.74) is 2.66. The number of halogens is 2. The van der Waals surface area contributed by atoms with Crippen molar-refractivity contribution in [2.45, 2.75) is 71.6 Å². The number of amides is 1. The van der Waals surface area contributed by atoms with Gasteiger partial charge in [-0.3, -0.25) is 4.79 Å². The van der Waals surface area contributed by atoms with E-state index >= 15 is 0 Å². The average Bonchev–Trinajstić information content (AvgIpc) is 2.98. The summed E-state index contributed by atoms with van der Waals surface area (Å²) in [6.45, 7) is 11.0. The number of benzene rings is 1. The van der Waals surface area contributed by atoms with E-state index < -0.39 is 5.82 Å². The first-order valence-corrected chi connectivity index (χ1v) is 18.7. The van der Waals surface area contributed by atoms with Gasteiger partial charge in [0.2, 0.25) is 5.28 Å². The summed E-state index contributed by atoms with van der Waals surface area (Å²) in [6, 6.07) is 6.21. The Morgan fingerprint density at radius 3 is 2.67 bits per heavy atom. The minimum atomic E-state index is -0.528. The standard InChI is InChI=1S/C32H38ClFN7O3.Pb/c1-6-24-27-23(11-13-39(24)5)35-12-10-26(27)43-21-15-32(16-21)17-40(18-32)28-29(37-38-31(33)36-28)44-25-9-8-20(34)14-22(25)30(42)41(7-2)19(3)4;/h8-10,12,14,19,21,24H,5-7,11,13,15-18H2,1-4H3;. The molecule has 2 aromatic heterocycles. The Balaban J connectivity index is 1.15. The van der Waals surface area contributed by atoms with E-state index in [1.165, 1.54) is 29.5 Å².